The van der Waals surface area contributed by atoms with E-state index in [1.54, 1.807) is 0 Å². The summed E-state index contributed by atoms with van der Waals surface area (Å²) in [5.74, 6) is -0.414. The lowest BCUT2D eigenvalue weighted by Gasteiger charge is -2.31. The van der Waals surface area contributed by atoms with Crippen molar-refractivity contribution in [2.24, 2.45) is 5.92 Å². The van der Waals surface area contributed by atoms with Crippen LogP contribution in [0.25, 0.3) is 0 Å². The highest BCUT2D eigenvalue weighted by Gasteiger charge is 2.31. The van der Waals surface area contributed by atoms with Crippen LogP contribution in [0.3, 0.4) is 0 Å². The minimum atomic E-state index is -0.635. The molecular weight excluding hydrogens is 372 g/mol. The van der Waals surface area contributed by atoms with Crippen molar-refractivity contribution in [3.63, 3.8) is 0 Å². The number of Topliss-reactive ketones (excluding diaryl/α,β-unsaturated/α-hetero) is 1. The maximum Gasteiger partial charge on any atom is 0.282 e. The van der Waals surface area contributed by atoms with E-state index in [0.29, 0.717) is 37.4 Å². The van der Waals surface area contributed by atoms with Crippen LogP contribution >= 0.6 is 0 Å². The lowest BCUT2D eigenvalue weighted by Crippen LogP contribution is -2.40. The minimum Gasteiger partial charge on any atom is -0.508 e. The van der Waals surface area contributed by atoms with Crippen LogP contribution < -0.4 is 0 Å². The van der Waals surface area contributed by atoms with Gasteiger partial charge in [-0.15, -0.1) is 0 Å². The van der Waals surface area contributed by atoms with Crippen molar-refractivity contribution in [1.82, 2.24) is 4.90 Å². The Morgan fingerprint density at radius 1 is 1.10 bits per heavy atom. The molecule has 3 rings (SSSR count). The van der Waals surface area contributed by atoms with E-state index in [0.717, 1.165) is 12.1 Å². The van der Waals surface area contributed by atoms with Gasteiger partial charge >= 0.3 is 0 Å². The summed E-state index contributed by atoms with van der Waals surface area (Å²) >= 11 is 0. The summed E-state index contributed by atoms with van der Waals surface area (Å²) in [7, 11) is 0. The molecule has 1 saturated heterocycles. The Bertz CT molecular complexity index is 929. The van der Waals surface area contributed by atoms with Crippen LogP contribution in [0, 0.1) is 16.0 Å². The Kier molecular flexibility index (Phi) is 5.96. The van der Waals surface area contributed by atoms with Gasteiger partial charge in [-0.3, -0.25) is 19.7 Å². The van der Waals surface area contributed by atoms with E-state index in [2.05, 4.69) is 13.8 Å². The number of nitro benzene ring substituents is 1. The molecular formula is C22H24N2O5. The van der Waals surface area contributed by atoms with Crippen molar-refractivity contribution in [1.29, 1.82) is 0 Å². The molecule has 0 unspecified atom stereocenters. The number of nitro groups is 1. The van der Waals surface area contributed by atoms with Crippen LogP contribution in [0.4, 0.5) is 5.69 Å². The Labute approximate surface area is 169 Å². The fourth-order valence-corrected chi connectivity index (χ4v) is 3.64. The lowest BCUT2D eigenvalue weighted by molar-refractivity contribution is -0.385. The second kappa shape index (κ2) is 8.43. The molecule has 1 N–H and O–H groups in total. The Morgan fingerprint density at radius 3 is 2.28 bits per heavy atom. The van der Waals surface area contributed by atoms with Crippen LogP contribution in [0.1, 0.15) is 58.9 Å². The fourth-order valence-electron chi connectivity index (χ4n) is 3.64. The Hall–Kier alpha value is -3.22. The standard InChI is InChI=1S/C22H24N2O5/c1-14(2)15-3-5-16(6-4-15)21(26)17-9-11-23(12-10-17)22(27)19-13-18(25)7-8-20(19)24(28)29/h3-8,13-14,17,25H,9-12H2,1-2H3. The zero-order valence-electron chi connectivity index (χ0n) is 16.5. The third-order valence-corrected chi connectivity index (χ3v) is 5.42. The average Bonchev–Trinajstić information content (AvgIpc) is 2.72. The average molecular weight is 396 g/mol. The molecule has 0 spiro atoms. The molecule has 1 fully saturated rings. The predicted molar refractivity (Wildman–Crippen MR) is 108 cm³/mol. The van der Waals surface area contributed by atoms with E-state index in [1.165, 1.54) is 16.5 Å². The van der Waals surface area contributed by atoms with E-state index in [-0.39, 0.29) is 28.7 Å². The highest BCUT2D eigenvalue weighted by molar-refractivity contribution is 6.00. The number of carbonyl (C=O) groups is 2. The summed E-state index contributed by atoms with van der Waals surface area (Å²) < 4.78 is 0. The normalized spacial score (nSPS) is 14.8. The maximum absolute atomic E-state index is 12.8. The number of piperidine rings is 1. The number of hydrogen-bond donors (Lipinski definition) is 1. The molecule has 1 heterocycles. The van der Waals surface area contributed by atoms with Crippen LogP contribution in [0.15, 0.2) is 42.5 Å². The number of amides is 1. The number of nitrogens with zero attached hydrogens (tertiary/aromatic N) is 2. The highest BCUT2D eigenvalue weighted by Crippen LogP contribution is 2.28. The second-order valence-corrected chi connectivity index (χ2v) is 7.67. The molecule has 2 aromatic carbocycles. The number of aromatic hydroxyl groups is 1. The summed E-state index contributed by atoms with van der Waals surface area (Å²) in [5, 5.41) is 20.8. The van der Waals surface area contributed by atoms with Gasteiger partial charge in [0.2, 0.25) is 0 Å². The number of hydrogen-bond acceptors (Lipinski definition) is 5. The van der Waals surface area contributed by atoms with Crippen molar-refractivity contribution < 1.29 is 19.6 Å². The van der Waals surface area contributed by atoms with Crippen molar-refractivity contribution in [3.05, 3.63) is 69.3 Å². The van der Waals surface area contributed by atoms with Gasteiger partial charge in [-0.2, -0.15) is 0 Å². The molecule has 1 aliphatic heterocycles. The van der Waals surface area contributed by atoms with E-state index in [1.807, 2.05) is 24.3 Å². The number of benzene rings is 2. The zero-order valence-corrected chi connectivity index (χ0v) is 16.5. The highest BCUT2D eigenvalue weighted by atomic mass is 16.6. The first kappa shape index (κ1) is 20.5. The number of rotatable bonds is 5. The molecule has 0 aliphatic carbocycles. The van der Waals surface area contributed by atoms with Crippen LogP contribution in [-0.2, 0) is 0 Å². The Morgan fingerprint density at radius 2 is 1.72 bits per heavy atom. The maximum atomic E-state index is 12.8. The van der Waals surface area contributed by atoms with E-state index in [4.69, 9.17) is 0 Å². The zero-order chi connectivity index (χ0) is 21.1. The van der Waals surface area contributed by atoms with Crippen LogP contribution in [-0.4, -0.2) is 39.7 Å². The van der Waals surface area contributed by atoms with Crippen LogP contribution in [0.5, 0.6) is 5.75 Å². The smallest absolute Gasteiger partial charge is 0.282 e. The molecule has 1 aliphatic rings. The van der Waals surface area contributed by atoms with Gasteiger partial charge in [-0.25, -0.2) is 0 Å². The first-order valence-electron chi connectivity index (χ1n) is 9.68. The summed E-state index contributed by atoms with van der Waals surface area (Å²) in [6.07, 6.45) is 1.01. The van der Waals surface area contributed by atoms with Gasteiger partial charge in [0.05, 0.1) is 4.92 Å². The number of ketones is 1. The molecule has 7 heteroatoms. The van der Waals surface area contributed by atoms with Gasteiger partial charge in [0.25, 0.3) is 11.6 Å². The fraction of sp³-hybridized carbons (Fsp3) is 0.364. The molecule has 1 amide bonds. The molecule has 29 heavy (non-hydrogen) atoms. The summed E-state index contributed by atoms with van der Waals surface area (Å²) in [5.41, 5.74) is 1.37. The monoisotopic (exact) mass is 396 g/mol. The molecule has 152 valence electrons. The summed E-state index contributed by atoms with van der Waals surface area (Å²) in [6.45, 7) is 4.87. The van der Waals surface area contributed by atoms with Crippen molar-refractivity contribution in [2.45, 2.75) is 32.6 Å². The van der Waals surface area contributed by atoms with Gasteiger partial charge in [0.1, 0.15) is 11.3 Å². The molecule has 0 atom stereocenters. The van der Waals surface area contributed by atoms with Gasteiger partial charge in [0.15, 0.2) is 5.78 Å². The molecule has 0 aromatic heterocycles. The van der Waals surface area contributed by atoms with Crippen molar-refractivity contribution >= 4 is 17.4 Å². The van der Waals surface area contributed by atoms with Crippen LogP contribution in [0.2, 0.25) is 0 Å². The number of likely N-dealkylation sites (tertiary alicyclic amines) is 1. The SMILES string of the molecule is CC(C)c1ccc(C(=O)C2CCN(C(=O)c3cc(O)ccc3[N+](=O)[O-])CC2)cc1. The van der Waals surface area contributed by atoms with E-state index >= 15 is 0 Å². The summed E-state index contributed by atoms with van der Waals surface area (Å²) in [6, 6.07) is 11.1. The largest absolute Gasteiger partial charge is 0.508 e. The molecule has 2 aromatic rings. The minimum absolute atomic E-state index is 0.0655. The van der Waals surface area contributed by atoms with Crippen molar-refractivity contribution in [3.8, 4) is 5.75 Å². The predicted octanol–water partition coefficient (Wildman–Crippen LogP) is 4.16. The topological polar surface area (TPSA) is 101 Å². The van der Waals surface area contributed by atoms with E-state index in [9.17, 15) is 24.8 Å². The lowest BCUT2D eigenvalue weighted by atomic mass is 9.88. The molecule has 0 radical (unpaired) electrons. The molecule has 7 nitrogen and oxygen atoms in total. The van der Waals surface area contributed by atoms with Gasteiger partial charge in [-0.1, -0.05) is 38.1 Å². The van der Waals surface area contributed by atoms with Gasteiger partial charge in [-0.05, 0) is 36.5 Å². The van der Waals surface area contributed by atoms with Crippen molar-refractivity contribution in [2.75, 3.05) is 13.1 Å². The first-order valence-corrected chi connectivity index (χ1v) is 9.68. The van der Waals surface area contributed by atoms with Gasteiger partial charge in [0, 0.05) is 30.6 Å². The second-order valence-electron chi connectivity index (χ2n) is 7.67. The number of carbonyl (C=O) groups excluding carboxylic acids is 2. The quantitative estimate of drug-likeness (QED) is 0.465. The third-order valence-electron chi connectivity index (χ3n) is 5.42. The number of phenols is 1. The summed E-state index contributed by atoms with van der Waals surface area (Å²) in [4.78, 5) is 37.6. The molecule has 0 saturated carbocycles. The van der Waals surface area contributed by atoms with Gasteiger partial charge < -0.3 is 10.0 Å². The number of phenolic OH excluding ortho intramolecular Hbond substituents is 1. The first-order chi connectivity index (χ1) is 13.8. The molecule has 0 bridgehead atoms. The third kappa shape index (κ3) is 4.45. The Balaban J connectivity index is 1.67. The van der Waals surface area contributed by atoms with E-state index < -0.39 is 10.8 Å².